The van der Waals surface area contributed by atoms with Crippen LogP contribution in [0.25, 0.3) is 0 Å². The second kappa shape index (κ2) is 15.9. The molecule has 3 nitrogen and oxygen atoms in total. The fourth-order valence-corrected chi connectivity index (χ4v) is 3.02. The van der Waals surface area contributed by atoms with E-state index in [1.165, 1.54) is 69.8 Å². The summed E-state index contributed by atoms with van der Waals surface area (Å²) in [5.74, 6) is -0.411. The molecular formula is C23H38O3. The molecule has 0 heterocycles. The second-order valence-electron chi connectivity index (χ2n) is 7.13. The molecular weight excluding hydrogens is 324 g/mol. The summed E-state index contributed by atoms with van der Waals surface area (Å²) in [5, 5.41) is 0. The van der Waals surface area contributed by atoms with Gasteiger partial charge in [-0.15, -0.1) is 0 Å². The largest absolute Gasteiger partial charge is 0.373 e. The van der Waals surface area contributed by atoms with E-state index in [0.29, 0.717) is 12.2 Å². The average molecular weight is 363 g/mol. The Hall–Kier alpha value is -1.35. The number of carbonyl (C=O) groups excluding carboxylic acids is 1. The summed E-state index contributed by atoms with van der Waals surface area (Å²) in [6.07, 6.45) is 16.6. The lowest BCUT2D eigenvalue weighted by molar-refractivity contribution is -0.241. The summed E-state index contributed by atoms with van der Waals surface area (Å²) < 4.78 is 0. The molecule has 0 aliphatic carbocycles. The number of hydrogen-bond donors (Lipinski definition) is 0. The first-order chi connectivity index (χ1) is 12.8. The minimum absolute atomic E-state index is 0.411. The van der Waals surface area contributed by atoms with Gasteiger partial charge in [0.05, 0.1) is 12.2 Å². The maximum atomic E-state index is 11.8. The molecule has 0 saturated heterocycles. The van der Waals surface area contributed by atoms with Gasteiger partial charge in [-0.1, -0.05) is 96.6 Å². The van der Waals surface area contributed by atoms with Crippen LogP contribution in [0, 0.1) is 0 Å². The molecule has 3 heteroatoms. The van der Waals surface area contributed by atoms with Gasteiger partial charge in [0.2, 0.25) is 0 Å². The summed E-state index contributed by atoms with van der Waals surface area (Å²) in [4.78, 5) is 21.7. The van der Waals surface area contributed by atoms with Crippen molar-refractivity contribution in [1.82, 2.24) is 0 Å². The lowest BCUT2D eigenvalue weighted by Gasteiger charge is -2.05. The Morgan fingerprint density at radius 2 is 1.23 bits per heavy atom. The van der Waals surface area contributed by atoms with Crippen LogP contribution in [0.1, 0.15) is 107 Å². The van der Waals surface area contributed by atoms with Gasteiger partial charge in [0.15, 0.2) is 0 Å². The fourth-order valence-electron chi connectivity index (χ4n) is 3.02. The minimum atomic E-state index is -0.411. The van der Waals surface area contributed by atoms with E-state index in [9.17, 15) is 4.79 Å². The first kappa shape index (κ1) is 22.7. The SMILES string of the molecule is CCCCCCCCCCCCCCOOC(=O)c1ccc(CC)cc1. The predicted molar refractivity (Wildman–Crippen MR) is 108 cm³/mol. The van der Waals surface area contributed by atoms with Gasteiger partial charge in [0.1, 0.15) is 0 Å². The topological polar surface area (TPSA) is 35.5 Å². The van der Waals surface area contributed by atoms with Crippen LogP contribution in [-0.4, -0.2) is 12.6 Å². The molecule has 0 aromatic heterocycles. The Kier molecular flexibility index (Phi) is 13.8. The van der Waals surface area contributed by atoms with Crippen molar-refractivity contribution in [3.05, 3.63) is 35.4 Å². The van der Waals surface area contributed by atoms with E-state index in [-0.39, 0.29) is 0 Å². The van der Waals surface area contributed by atoms with Crippen molar-refractivity contribution in [2.45, 2.75) is 97.3 Å². The summed E-state index contributed by atoms with van der Waals surface area (Å²) >= 11 is 0. The first-order valence-electron chi connectivity index (χ1n) is 10.7. The smallest absolute Gasteiger partial charge is 0.293 e. The molecule has 26 heavy (non-hydrogen) atoms. The molecule has 0 atom stereocenters. The quantitative estimate of drug-likeness (QED) is 0.180. The molecule has 1 rings (SSSR count). The van der Waals surface area contributed by atoms with Crippen LogP contribution in [0.5, 0.6) is 0 Å². The number of carbonyl (C=O) groups is 1. The highest BCUT2D eigenvalue weighted by atomic mass is 17.2. The molecule has 1 aromatic rings. The Labute approximate surface area is 160 Å². The second-order valence-corrected chi connectivity index (χ2v) is 7.13. The molecule has 0 radical (unpaired) electrons. The molecule has 0 aliphatic heterocycles. The van der Waals surface area contributed by atoms with Gasteiger partial charge >= 0.3 is 5.97 Å². The van der Waals surface area contributed by atoms with E-state index in [0.717, 1.165) is 19.3 Å². The molecule has 1 aromatic carbocycles. The standard InChI is InChI=1S/C23H38O3/c1-3-5-6-7-8-9-10-11-12-13-14-15-20-25-26-23(24)22-18-16-21(4-2)17-19-22/h16-19H,3-15,20H2,1-2H3. The van der Waals surface area contributed by atoms with Crippen LogP contribution in [0.15, 0.2) is 24.3 Å². The van der Waals surface area contributed by atoms with Gasteiger partial charge in [0.25, 0.3) is 0 Å². The number of hydrogen-bond acceptors (Lipinski definition) is 3. The van der Waals surface area contributed by atoms with Gasteiger partial charge in [-0.25, -0.2) is 4.79 Å². The van der Waals surface area contributed by atoms with Gasteiger partial charge in [-0.2, -0.15) is 4.89 Å². The van der Waals surface area contributed by atoms with E-state index in [1.807, 2.05) is 12.1 Å². The fraction of sp³-hybridized carbons (Fsp3) is 0.696. The predicted octanol–water partition coefficient (Wildman–Crippen LogP) is 7.04. The third-order valence-electron chi connectivity index (χ3n) is 4.81. The summed E-state index contributed by atoms with van der Waals surface area (Å²) in [7, 11) is 0. The van der Waals surface area contributed by atoms with E-state index in [4.69, 9.17) is 9.78 Å². The molecule has 0 fully saturated rings. The van der Waals surface area contributed by atoms with E-state index < -0.39 is 5.97 Å². The number of rotatable bonds is 16. The average Bonchev–Trinajstić information content (AvgIpc) is 2.68. The maximum Gasteiger partial charge on any atom is 0.373 e. The van der Waals surface area contributed by atoms with Crippen LogP contribution in [0.3, 0.4) is 0 Å². The highest BCUT2D eigenvalue weighted by Gasteiger charge is 2.07. The van der Waals surface area contributed by atoms with Gasteiger partial charge in [-0.3, -0.25) is 4.89 Å². The molecule has 0 N–H and O–H groups in total. The Balaban J connectivity index is 1.87. The lowest BCUT2D eigenvalue weighted by atomic mass is 10.1. The van der Waals surface area contributed by atoms with Crippen molar-refractivity contribution in [2.75, 3.05) is 6.61 Å². The van der Waals surface area contributed by atoms with Crippen LogP contribution in [0.2, 0.25) is 0 Å². The van der Waals surface area contributed by atoms with Crippen molar-refractivity contribution in [3.8, 4) is 0 Å². The monoisotopic (exact) mass is 362 g/mol. The van der Waals surface area contributed by atoms with Crippen LogP contribution >= 0.6 is 0 Å². The molecule has 0 aliphatic rings. The lowest BCUT2D eigenvalue weighted by Crippen LogP contribution is -2.07. The molecule has 0 saturated carbocycles. The van der Waals surface area contributed by atoms with Crippen molar-refractivity contribution in [2.24, 2.45) is 0 Å². The van der Waals surface area contributed by atoms with Crippen molar-refractivity contribution in [3.63, 3.8) is 0 Å². The zero-order valence-electron chi connectivity index (χ0n) is 16.9. The van der Waals surface area contributed by atoms with E-state index in [1.54, 1.807) is 12.1 Å². The van der Waals surface area contributed by atoms with Crippen molar-refractivity contribution < 1.29 is 14.6 Å². The van der Waals surface area contributed by atoms with Crippen LogP contribution in [0.4, 0.5) is 0 Å². The molecule has 148 valence electrons. The van der Waals surface area contributed by atoms with Crippen LogP contribution in [-0.2, 0) is 16.2 Å². The number of benzene rings is 1. The zero-order chi connectivity index (χ0) is 18.9. The highest BCUT2D eigenvalue weighted by Crippen LogP contribution is 2.12. The Bertz CT molecular complexity index is 453. The van der Waals surface area contributed by atoms with Gasteiger partial charge in [0, 0.05) is 0 Å². The normalized spacial score (nSPS) is 10.8. The highest BCUT2D eigenvalue weighted by molar-refractivity contribution is 5.88. The minimum Gasteiger partial charge on any atom is -0.293 e. The Morgan fingerprint density at radius 1 is 0.731 bits per heavy atom. The van der Waals surface area contributed by atoms with Crippen molar-refractivity contribution >= 4 is 5.97 Å². The van der Waals surface area contributed by atoms with E-state index in [2.05, 4.69) is 13.8 Å². The number of aryl methyl sites for hydroxylation is 1. The van der Waals surface area contributed by atoms with Crippen molar-refractivity contribution in [1.29, 1.82) is 0 Å². The summed E-state index contributed by atoms with van der Waals surface area (Å²) in [6.45, 7) is 4.83. The zero-order valence-corrected chi connectivity index (χ0v) is 16.9. The molecule has 0 spiro atoms. The Morgan fingerprint density at radius 3 is 1.73 bits per heavy atom. The van der Waals surface area contributed by atoms with Gasteiger partial charge < -0.3 is 0 Å². The summed E-state index contributed by atoms with van der Waals surface area (Å²) in [6, 6.07) is 7.46. The number of unbranched alkanes of at least 4 members (excludes halogenated alkanes) is 11. The third kappa shape index (κ3) is 11.3. The molecule has 0 bridgehead atoms. The maximum absolute atomic E-state index is 11.8. The van der Waals surface area contributed by atoms with Crippen LogP contribution < -0.4 is 0 Å². The van der Waals surface area contributed by atoms with E-state index >= 15 is 0 Å². The molecule has 0 unspecified atom stereocenters. The third-order valence-corrected chi connectivity index (χ3v) is 4.81. The first-order valence-corrected chi connectivity index (χ1v) is 10.7. The van der Waals surface area contributed by atoms with Gasteiger partial charge in [-0.05, 0) is 30.5 Å². The summed E-state index contributed by atoms with van der Waals surface area (Å²) in [5.41, 5.74) is 1.75. The molecule has 0 amide bonds.